The first-order chi connectivity index (χ1) is 9.15. The van der Waals surface area contributed by atoms with E-state index in [0.29, 0.717) is 12.1 Å². The zero-order valence-electron chi connectivity index (χ0n) is 11.1. The van der Waals surface area contributed by atoms with Crippen LogP contribution in [0.2, 0.25) is 0 Å². The molecule has 0 radical (unpaired) electrons. The Morgan fingerprint density at radius 3 is 3.00 bits per heavy atom. The normalized spacial score (nSPS) is 20.9. The second-order valence-electron chi connectivity index (χ2n) is 5.06. The second-order valence-corrected chi connectivity index (χ2v) is 5.06. The third-order valence-electron chi connectivity index (χ3n) is 3.80. The summed E-state index contributed by atoms with van der Waals surface area (Å²) in [4.78, 5) is 2.25. The fourth-order valence-electron chi connectivity index (χ4n) is 2.58. The van der Waals surface area contributed by atoms with Crippen molar-refractivity contribution in [3.63, 3.8) is 0 Å². The van der Waals surface area contributed by atoms with E-state index in [9.17, 15) is 4.39 Å². The summed E-state index contributed by atoms with van der Waals surface area (Å²) in [6.07, 6.45) is 2.35. The molecule has 0 bridgehead atoms. The molecule has 1 aromatic rings. The minimum Gasteiger partial charge on any atom is -0.409 e. The zero-order valence-corrected chi connectivity index (χ0v) is 11.1. The van der Waals surface area contributed by atoms with Gasteiger partial charge in [0.1, 0.15) is 5.82 Å². The summed E-state index contributed by atoms with van der Waals surface area (Å²) >= 11 is 0. The van der Waals surface area contributed by atoms with Gasteiger partial charge in [0.15, 0.2) is 5.84 Å². The maximum atomic E-state index is 14.2. The van der Waals surface area contributed by atoms with E-state index >= 15 is 0 Å². The molecule has 0 saturated carbocycles. The standard InChI is InChI=1S/C14H20FN3O/c1-2-10-6-7-18(8-10)9-11-4-3-5-12(13(11)15)14(16)17-19/h3-5,10,19H,2,6-9H2,1H3,(H2,16,17). The number of rotatable bonds is 4. The van der Waals surface area contributed by atoms with Crippen molar-refractivity contribution in [3.05, 3.63) is 35.1 Å². The van der Waals surface area contributed by atoms with Crippen LogP contribution in [0.15, 0.2) is 23.4 Å². The molecule has 1 fully saturated rings. The average molecular weight is 265 g/mol. The molecule has 1 saturated heterocycles. The van der Waals surface area contributed by atoms with Crippen molar-refractivity contribution in [2.75, 3.05) is 13.1 Å². The van der Waals surface area contributed by atoms with Gasteiger partial charge in [-0.25, -0.2) is 4.39 Å². The van der Waals surface area contributed by atoms with Crippen molar-refractivity contribution in [1.82, 2.24) is 4.90 Å². The highest BCUT2D eigenvalue weighted by Crippen LogP contribution is 2.22. The molecular formula is C14H20FN3O. The maximum Gasteiger partial charge on any atom is 0.173 e. The maximum absolute atomic E-state index is 14.2. The number of halogens is 1. The molecule has 1 unspecified atom stereocenters. The van der Waals surface area contributed by atoms with Gasteiger partial charge in [-0.3, -0.25) is 4.90 Å². The van der Waals surface area contributed by atoms with Crippen molar-refractivity contribution in [2.45, 2.75) is 26.3 Å². The lowest BCUT2D eigenvalue weighted by Crippen LogP contribution is -2.22. The number of oxime groups is 1. The molecule has 0 aliphatic carbocycles. The molecule has 1 aliphatic heterocycles. The molecule has 1 atom stereocenters. The quantitative estimate of drug-likeness (QED) is 0.379. The summed E-state index contributed by atoms with van der Waals surface area (Å²) < 4.78 is 14.2. The molecule has 5 heteroatoms. The SMILES string of the molecule is CCC1CCN(Cc2cccc(/C(N)=N/O)c2F)C1. The van der Waals surface area contributed by atoms with E-state index in [1.807, 2.05) is 0 Å². The van der Waals surface area contributed by atoms with Crippen LogP contribution in [-0.2, 0) is 6.54 Å². The van der Waals surface area contributed by atoms with Crippen LogP contribution in [-0.4, -0.2) is 29.0 Å². The van der Waals surface area contributed by atoms with Crippen molar-refractivity contribution in [3.8, 4) is 0 Å². The minimum atomic E-state index is -0.391. The van der Waals surface area contributed by atoms with E-state index < -0.39 is 5.82 Å². The highest BCUT2D eigenvalue weighted by molar-refractivity contribution is 5.97. The number of amidine groups is 1. The summed E-state index contributed by atoms with van der Waals surface area (Å²) in [5, 5.41) is 11.5. The van der Waals surface area contributed by atoms with E-state index in [-0.39, 0.29) is 11.4 Å². The number of hydrogen-bond acceptors (Lipinski definition) is 3. The Balaban J connectivity index is 2.13. The van der Waals surface area contributed by atoms with Crippen molar-refractivity contribution < 1.29 is 9.60 Å². The molecule has 0 spiro atoms. The number of nitrogens with zero attached hydrogens (tertiary/aromatic N) is 2. The Morgan fingerprint density at radius 1 is 1.58 bits per heavy atom. The molecule has 2 rings (SSSR count). The van der Waals surface area contributed by atoms with Crippen LogP contribution in [0, 0.1) is 11.7 Å². The van der Waals surface area contributed by atoms with Gasteiger partial charge in [-0.05, 0) is 24.9 Å². The van der Waals surface area contributed by atoms with Crippen LogP contribution in [0.5, 0.6) is 0 Å². The van der Waals surface area contributed by atoms with Gasteiger partial charge in [0.25, 0.3) is 0 Å². The highest BCUT2D eigenvalue weighted by Gasteiger charge is 2.22. The van der Waals surface area contributed by atoms with Gasteiger partial charge in [-0.2, -0.15) is 0 Å². The fourth-order valence-corrected chi connectivity index (χ4v) is 2.58. The van der Waals surface area contributed by atoms with Crippen LogP contribution in [0.25, 0.3) is 0 Å². The van der Waals surface area contributed by atoms with Crippen LogP contribution >= 0.6 is 0 Å². The molecule has 1 aromatic carbocycles. The van der Waals surface area contributed by atoms with Gasteiger partial charge < -0.3 is 10.9 Å². The van der Waals surface area contributed by atoms with Crippen molar-refractivity contribution >= 4 is 5.84 Å². The smallest absolute Gasteiger partial charge is 0.173 e. The lowest BCUT2D eigenvalue weighted by Gasteiger charge is -2.17. The molecule has 1 aliphatic rings. The van der Waals surface area contributed by atoms with Gasteiger partial charge in [0, 0.05) is 18.7 Å². The van der Waals surface area contributed by atoms with Crippen LogP contribution in [0.1, 0.15) is 30.9 Å². The van der Waals surface area contributed by atoms with E-state index in [2.05, 4.69) is 17.0 Å². The van der Waals surface area contributed by atoms with Crippen molar-refractivity contribution in [1.29, 1.82) is 0 Å². The van der Waals surface area contributed by atoms with Gasteiger partial charge in [0.2, 0.25) is 0 Å². The topological polar surface area (TPSA) is 61.8 Å². The fraction of sp³-hybridized carbons (Fsp3) is 0.500. The number of likely N-dealkylation sites (tertiary alicyclic amines) is 1. The largest absolute Gasteiger partial charge is 0.409 e. The Kier molecular flexibility index (Phi) is 4.37. The summed E-state index contributed by atoms with van der Waals surface area (Å²) in [7, 11) is 0. The van der Waals surface area contributed by atoms with Crippen LogP contribution in [0.4, 0.5) is 4.39 Å². The third-order valence-corrected chi connectivity index (χ3v) is 3.80. The highest BCUT2D eigenvalue weighted by atomic mass is 19.1. The Labute approximate surface area is 112 Å². The molecule has 4 nitrogen and oxygen atoms in total. The molecular weight excluding hydrogens is 245 g/mol. The lowest BCUT2D eigenvalue weighted by molar-refractivity contribution is 0.309. The lowest BCUT2D eigenvalue weighted by atomic mass is 10.1. The van der Waals surface area contributed by atoms with Gasteiger partial charge in [-0.15, -0.1) is 0 Å². The first-order valence-corrected chi connectivity index (χ1v) is 6.63. The number of nitrogens with two attached hydrogens (primary N) is 1. The second kappa shape index (κ2) is 6.02. The summed E-state index contributed by atoms with van der Waals surface area (Å²) in [5.41, 5.74) is 6.22. The predicted molar refractivity (Wildman–Crippen MR) is 72.6 cm³/mol. The molecule has 104 valence electrons. The first kappa shape index (κ1) is 13.8. The van der Waals surface area contributed by atoms with Gasteiger partial charge in [0.05, 0.1) is 5.56 Å². The molecule has 19 heavy (non-hydrogen) atoms. The number of benzene rings is 1. The third kappa shape index (κ3) is 3.04. The zero-order chi connectivity index (χ0) is 13.8. The van der Waals surface area contributed by atoms with Crippen molar-refractivity contribution in [2.24, 2.45) is 16.8 Å². The van der Waals surface area contributed by atoms with E-state index in [4.69, 9.17) is 10.9 Å². The minimum absolute atomic E-state index is 0.159. The molecule has 0 aromatic heterocycles. The van der Waals surface area contributed by atoms with Crippen LogP contribution < -0.4 is 5.73 Å². The van der Waals surface area contributed by atoms with Crippen LogP contribution in [0.3, 0.4) is 0 Å². The average Bonchev–Trinajstić information content (AvgIpc) is 2.88. The summed E-state index contributed by atoms with van der Waals surface area (Å²) in [5.74, 6) is 0.139. The van der Waals surface area contributed by atoms with E-state index in [1.165, 1.54) is 18.9 Å². The summed E-state index contributed by atoms with van der Waals surface area (Å²) in [6, 6.07) is 5.01. The monoisotopic (exact) mass is 265 g/mol. The predicted octanol–water partition coefficient (Wildman–Crippen LogP) is 2.15. The summed E-state index contributed by atoms with van der Waals surface area (Å²) in [6.45, 7) is 4.79. The molecule has 0 amide bonds. The van der Waals surface area contributed by atoms with Gasteiger partial charge >= 0.3 is 0 Å². The molecule has 3 N–H and O–H groups in total. The molecule has 1 heterocycles. The van der Waals surface area contributed by atoms with E-state index in [1.54, 1.807) is 12.1 Å². The Hall–Kier alpha value is -1.62. The van der Waals surface area contributed by atoms with Gasteiger partial charge in [-0.1, -0.05) is 30.6 Å². The first-order valence-electron chi connectivity index (χ1n) is 6.63. The number of hydrogen-bond donors (Lipinski definition) is 2. The van der Waals surface area contributed by atoms with E-state index in [0.717, 1.165) is 19.0 Å². The Morgan fingerprint density at radius 2 is 2.37 bits per heavy atom. The Bertz CT molecular complexity index is 476.